The fourth-order valence-corrected chi connectivity index (χ4v) is 2.77. The van der Waals surface area contributed by atoms with E-state index in [-0.39, 0.29) is 0 Å². The van der Waals surface area contributed by atoms with Gasteiger partial charge in [0.05, 0.1) is 0 Å². The van der Waals surface area contributed by atoms with E-state index in [1.807, 2.05) is 6.20 Å². The molecule has 96 valence electrons. The highest BCUT2D eigenvalue weighted by Crippen LogP contribution is 2.38. The van der Waals surface area contributed by atoms with Crippen molar-refractivity contribution < 1.29 is 0 Å². The summed E-state index contributed by atoms with van der Waals surface area (Å²) in [7, 11) is 0. The van der Waals surface area contributed by atoms with E-state index in [9.17, 15) is 0 Å². The molecule has 1 aliphatic carbocycles. The molecule has 0 aliphatic heterocycles. The molecule has 2 N–H and O–H groups in total. The minimum Gasteiger partial charge on any atom is -0.345 e. The number of hydrogen-bond donors (Lipinski definition) is 2. The van der Waals surface area contributed by atoms with Gasteiger partial charge in [0.2, 0.25) is 0 Å². The quantitative estimate of drug-likeness (QED) is 0.743. The highest BCUT2D eigenvalue weighted by molar-refractivity contribution is 5.07. The van der Waals surface area contributed by atoms with E-state index in [1.165, 1.54) is 43.6 Å². The zero-order valence-electron chi connectivity index (χ0n) is 11.1. The van der Waals surface area contributed by atoms with E-state index in [0.29, 0.717) is 5.92 Å². The number of H-pyrrole nitrogens is 1. The van der Waals surface area contributed by atoms with Gasteiger partial charge in [0.1, 0.15) is 5.82 Å². The zero-order valence-corrected chi connectivity index (χ0v) is 11.1. The lowest BCUT2D eigenvalue weighted by atomic mass is 10.0. The van der Waals surface area contributed by atoms with Crippen molar-refractivity contribution in [3.8, 4) is 0 Å². The van der Waals surface area contributed by atoms with Gasteiger partial charge < -0.3 is 10.3 Å². The maximum atomic E-state index is 4.55. The number of rotatable bonds is 6. The lowest BCUT2D eigenvalue weighted by molar-refractivity contribution is 0.517. The van der Waals surface area contributed by atoms with Crippen molar-refractivity contribution >= 4 is 0 Å². The van der Waals surface area contributed by atoms with Gasteiger partial charge in [0, 0.05) is 24.4 Å². The number of nitrogens with zero attached hydrogens (tertiary/aromatic N) is 1. The van der Waals surface area contributed by atoms with Crippen LogP contribution in [0.25, 0.3) is 0 Å². The Bertz CT molecular complexity index is 332. The molecule has 1 saturated carbocycles. The molecule has 3 nitrogen and oxygen atoms in total. The molecule has 0 amide bonds. The summed E-state index contributed by atoms with van der Waals surface area (Å²) in [5.41, 5.74) is 1.23. The molecule has 1 aliphatic rings. The van der Waals surface area contributed by atoms with Crippen molar-refractivity contribution in [2.24, 2.45) is 5.92 Å². The Kier molecular flexibility index (Phi) is 4.60. The number of aromatic nitrogens is 2. The summed E-state index contributed by atoms with van der Waals surface area (Å²) >= 11 is 0. The Labute approximate surface area is 104 Å². The van der Waals surface area contributed by atoms with Crippen LogP contribution in [0.3, 0.4) is 0 Å². The van der Waals surface area contributed by atoms with Gasteiger partial charge in [-0.3, -0.25) is 0 Å². The molecule has 3 heteroatoms. The van der Waals surface area contributed by atoms with Gasteiger partial charge in [-0.25, -0.2) is 4.98 Å². The Balaban J connectivity index is 1.85. The van der Waals surface area contributed by atoms with Gasteiger partial charge in [-0.1, -0.05) is 20.3 Å². The van der Waals surface area contributed by atoms with Gasteiger partial charge in [0.15, 0.2) is 0 Å². The van der Waals surface area contributed by atoms with E-state index < -0.39 is 0 Å². The molecule has 2 atom stereocenters. The van der Waals surface area contributed by atoms with Crippen LogP contribution in [0.5, 0.6) is 0 Å². The normalized spacial score (nSPS) is 24.4. The average Bonchev–Trinajstić information content (AvgIpc) is 2.97. The van der Waals surface area contributed by atoms with Gasteiger partial charge >= 0.3 is 0 Å². The van der Waals surface area contributed by atoms with Gasteiger partial charge in [-0.05, 0) is 38.1 Å². The fraction of sp³-hybridized carbons (Fsp3) is 0.786. The molecule has 0 radical (unpaired) electrons. The third kappa shape index (κ3) is 3.32. The van der Waals surface area contributed by atoms with Crippen molar-refractivity contribution in [2.75, 3.05) is 6.54 Å². The molecule has 1 aromatic heterocycles. The second kappa shape index (κ2) is 6.20. The third-order valence-electron chi connectivity index (χ3n) is 3.90. The maximum Gasteiger partial charge on any atom is 0.109 e. The molecule has 2 unspecified atom stereocenters. The van der Waals surface area contributed by atoms with Crippen LogP contribution >= 0.6 is 0 Å². The van der Waals surface area contributed by atoms with Crippen molar-refractivity contribution in [2.45, 2.75) is 58.4 Å². The molecule has 0 spiro atoms. The summed E-state index contributed by atoms with van der Waals surface area (Å²) in [6.45, 7) is 6.49. The van der Waals surface area contributed by atoms with Crippen LogP contribution in [0.2, 0.25) is 0 Å². The smallest absolute Gasteiger partial charge is 0.109 e. The van der Waals surface area contributed by atoms with Gasteiger partial charge in [-0.15, -0.1) is 0 Å². The molecule has 1 fully saturated rings. The lowest BCUT2D eigenvalue weighted by Gasteiger charge is -2.07. The number of aromatic amines is 1. The molecule has 0 bridgehead atoms. The first-order chi connectivity index (χ1) is 8.33. The van der Waals surface area contributed by atoms with Crippen molar-refractivity contribution in [3.05, 3.63) is 17.7 Å². The monoisotopic (exact) mass is 235 g/mol. The van der Waals surface area contributed by atoms with Gasteiger partial charge in [0.25, 0.3) is 0 Å². The first-order valence-corrected chi connectivity index (χ1v) is 7.08. The Morgan fingerprint density at radius 2 is 2.29 bits per heavy atom. The predicted molar refractivity (Wildman–Crippen MR) is 71.0 cm³/mol. The molecule has 0 saturated heterocycles. The summed E-state index contributed by atoms with van der Waals surface area (Å²) < 4.78 is 0. The number of nitrogens with one attached hydrogen (secondary N) is 2. The number of hydrogen-bond acceptors (Lipinski definition) is 2. The molecular weight excluding hydrogens is 210 g/mol. The second-order valence-corrected chi connectivity index (χ2v) is 5.25. The standard InChI is InChI=1S/C14H25N3/c1-3-7-15-9-13-10-16-14(17-13)12-6-5-11(4-2)8-12/h10-12,15H,3-9H2,1-2H3,(H,16,17). The summed E-state index contributed by atoms with van der Waals surface area (Å²) in [4.78, 5) is 8.04. The maximum absolute atomic E-state index is 4.55. The van der Waals surface area contributed by atoms with Crippen LogP contribution in [0.15, 0.2) is 6.20 Å². The first kappa shape index (κ1) is 12.6. The summed E-state index contributed by atoms with van der Waals surface area (Å²) in [6.07, 6.45) is 8.52. The topological polar surface area (TPSA) is 40.7 Å². The molecule has 17 heavy (non-hydrogen) atoms. The van der Waals surface area contributed by atoms with Crippen LogP contribution < -0.4 is 5.32 Å². The molecular formula is C14H25N3. The Morgan fingerprint density at radius 1 is 1.41 bits per heavy atom. The Morgan fingerprint density at radius 3 is 3.00 bits per heavy atom. The SMILES string of the molecule is CCCNCc1cnc(C2CCC(CC)C2)[nH]1. The highest BCUT2D eigenvalue weighted by atomic mass is 15.0. The summed E-state index contributed by atoms with van der Waals surface area (Å²) in [5, 5.41) is 3.40. The van der Waals surface area contributed by atoms with Crippen LogP contribution in [-0.2, 0) is 6.54 Å². The van der Waals surface area contributed by atoms with E-state index in [1.54, 1.807) is 0 Å². The Hall–Kier alpha value is -0.830. The second-order valence-electron chi connectivity index (χ2n) is 5.25. The van der Waals surface area contributed by atoms with E-state index in [4.69, 9.17) is 0 Å². The van der Waals surface area contributed by atoms with Crippen LogP contribution in [0.1, 0.15) is 63.4 Å². The summed E-state index contributed by atoms with van der Waals surface area (Å²) in [6, 6.07) is 0. The van der Waals surface area contributed by atoms with Gasteiger partial charge in [-0.2, -0.15) is 0 Å². The summed E-state index contributed by atoms with van der Waals surface area (Å²) in [5.74, 6) is 2.82. The number of imidazole rings is 1. The molecule has 1 heterocycles. The van der Waals surface area contributed by atoms with E-state index in [2.05, 4.69) is 29.1 Å². The first-order valence-electron chi connectivity index (χ1n) is 7.08. The minimum absolute atomic E-state index is 0.680. The molecule has 2 rings (SSSR count). The van der Waals surface area contributed by atoms with Crippen molar-refractivity contribution in [1.82, 2.24) is 15.3 Å². The van der Waals surface area contributed by atoms with Crippen molar-refractivity contribution in [3.63, 3.8) is 0 Å². The molecule has 0 aromatic carbocycles. The van der Waals surface area contributed by atoms with Crippen LogP contribution in [0, 0.1) is 5.92 Å². The zero-order chi connectivity index (χ0) is 12.1. The fourth-order valence-electron chi connectivity index (χ4n) is 2.77. The predicted octanol–water partition coefficient (Wildman–Crippen LogP) is 3.20. The minimum atomic E-state index is 0.680. The molecule has 1 aromatic rings. The van der Waals surface area contributed by atoms with Crippen molar-refractivity contribution in [1.29, 1.82) is 0 Å². The highest BCUT2D eigenvalue weighted by Gasteiger charge is 2.26. The van der Waals surface area contributed by atoms with Crippen LogP contribution in [0.4, 0.5) is 0 Å². The van der Waals surface area contributed by atoms with Crippen LogP contribution in [-0.4, -0.2) is 16.5 Å². The van der Waals surface area contributed by atoms with E-state index >= 15 is 0 Å². The van der Waals surface area contributed by atoms with E-state index in [0.717, 1.165) is 19.0 Å². The third-order valence-corrected chi connectivity index (χ3v) is 3.90. The lowest BCUT2D eigenvalue weighted by Crippen LogP contribution is -2.14. The largest absolute Gasteiger partial charge is 0.345 e. The average molecular weight is 235 g/mol.